The van der Waals surface area contributed by atoms with Gasteiger partial charge in [0.2, 0.25) is 0 Å². The zero-order chi connectivity index (χ0) is 21.0. The van der Waals surface area contributed by atoms with Crippen LogP contribution in [-0.4, -0.2) is 41.8 Å². The average molecular weight is 414 g/mol. The molecule has 0 aliphatic carbocycles. The molecule has 0 aromatic heterocycles. The smallest absolute Gasteiger partial charge is 0.339 e. The number of benzene rings is 2. The topological polar surface area (TPSA) is 63.7 Å². The fourth-order valence-corrected chi connectivity index (χ4v) is 3.50. The van der Waals surface area contributed by atoms with Crippen LogP contribution in [0.4, 0.5) is 0 Å². The average Bonchev–Trinajstić information content (AvgIpc) is 2.73. The van der Waals surface area contributed by atoms with Crippen molar-refractivity contribution >= 4 is 29.3 Å². The quantitative estimate of drug-likeness (QED) is 0.539. The molecule has 0 unspecified atom stereocenters. The number of halogens is 1. The van der Waals surface area contributed by atoms with Crippen molar-refractivity contribution in [3.05, 3.63) is 70.2 Å². The Labute approximate surface area is 175 Å². The molecule has 0 N–H and O–H groups in total. The molecule has 0 saturated carbocycles. The summed E-state index contributed by atoms with van der Waals surface area (Å²) in [6.07, 6.45) is 0.991. The van der Waals surface area contributed by atoms with Crippen LogP contribution < -0.4 is 0 Å². The normalized spacial score (nSPS) is 15.6. The molecular formula is C23H24ClNO4. The van der Waals surface area contributed by atoms with Crippen LogP contribution in [0.1, 0.15) is 53.0 Å². The maximum atomic E-state index is 12.9. The van der Waals surface area contributed by atoms with Gasteiger partial charge in [0.1, 0.15) is 0 Å². The highest BCUT2D eigenvalue weighted by atomic mass is 35.5. The summed E-state index contributed by atoms with van der Waals surface area (Å²) in [6.45, 7) is 5.09. The van der Waals surface area contributed by atoms with Crippen molar-refractivity contribution in [2.45, 2.75) is 32.8 Å². The van der Waals surface area contributed by atoms with Gasteiger partial charge in [0.05, 0.1) is 5.56 Å². The Morgan fingerprint density at radius 1 is 1.00 bits per heavy atom. The van der Waals surface area contributed by atoms with Gasteiger partial charge >= 0.3 is 5.97 Å². The minimum Gasteiger partial charge on any atom is -0.449 e. The maximum Gasteiger partial charge on any atom is 0.339 e. The summed E-state index contributed by atoms with van der Waals surface area (Å²) in [5, 5.41) is 0.522. The second kappa shape index (κ2) is 9.23. The molecule has 0 bridgehead atoms. The van der Waals surface area contributed by atoms with Gasteiger partial charge in [0.15, 0.2) is 11.9 Å². The standard InChI is InChI=1S/C23H24ClNO4/c1-15-11-13-25(14-12-15)22(27)16(2)29-23(28)20-6-4-3-5-19(20)21(26)17-7-9-18(24)10-8-17/h3-10,15-16H,11-14H2,1-2H3/t16-/m1/s1. The molecule has 1 aliphatic heterocycles. The second-order valence-corrected chi connectivity index (χ2v) is 7.87. The van der Waals surface area contributed by atoms with Crippen molar-refractivity contribution in [3.8, 4) is 0 Å². The number of amides is 1. The lowest BCUT2D eigenvalue weighted by Crippen LogP contribution is -2.44. The van der Waals surface area contributed by atoms with E-state index in [-0.39, 0.29) is 22.8 Å². The van der Waals surface area contributed by atoms with Crippen LogP contribution in [-0.2, 0) is 9.53 Å². The molecule has 1 aliphatic rings. The van der Waals surface area contributed by atoms with Gasteiger partial charge in [0, 0.05) is 29.2 Å². The van der Waals surface area contributed by atoms with E-state index in [1.54, 1.807) is 54.3 Å². The Morgan fingerprint density at radius 2 is 1.59 bits per heavy atom. The summed E-state index contributed by atoms with van der Waals surface area (Å²) in [4.78, 5) is 39.9. The third-order valence-electron chi connectivity index (χ3n) is 5.22. The van der Waals surface area contributed by atoms with Crippen LogP contribution >= 0.6 is 11.6 Å². The van der Waals surface area contributed by atoms with Gasteiger partial charge < -0.3 is 9.64 Å². The molecule has 1 amide bonds. The summed E-state index contributed by atoms with van der Waals surface area (Å²) in [5.74, 6) is -0.596. The Kier molecular flexibility index (Phi) is 6.70. The Balaban J connectivity index is 1.73. The number of esters is 1. The zero-order valence-corrected chi connectivity index (χ0v) is 17.3. The Bertz CT molecular complexity index is 901. The highest BCUT2D eigenvalue weighted by Gasteiger charge is 2.28. The summed E-state index contributed by atoms with van der Waals surface area (Å²) in [5.41, 5.74) is 0.784. The summed E-state index contributed by atoms with van der Waals surface area (Å²) >= 11 is 5.88. The predicted molar refractivity (Wildman–Crippen MR) is 111 cm³/mol. The Morgan fingerprint density at radius 3 is 2.21 bits per heavy atom. The lowest BCUT2D eigenvalue weighted by atomic mass is 9.98. The molecule has 152 valence electrons. The van der Waals surface area contributed by atoms with E-state index in [2.05, 4.69) is 6.92 Å². The third kappa shape index (κ3) is 5.04. The molecule has 0 radical (unpaired) electrons. The number of hydrogen-bond acceptors (Lipinski definition) is 4. The molecule has 29 heavy (non-hydrogen) atoms. The van der Waals surface area contributed by atoms with Crippen molar-refractivity contribution in [1.29, 1.82) is 0 Å². The van der Waals surface area contributed by atoms with Crippen LogP contribution in [0, 0.1) is 5.92 Å². The number of likely N-dealkylation sites (tertiary alicyclic amines) is 1. The molecule has 2 aromatic carbocycles. The van der Waals surface area contributed by atoms with E-state index in [1.165, 1.54) is 6.07 Å². The van der Waals surface area contributed by atoms with Crippen molar-refractivity contribution in [1.82, 2.24) is 4.90 Å². The van der Waals surface area contributed by atoms with Gasteiger partial charge in [-0.15, -0.1) is 0 Å². The number of hydrogen-bond donors (Lipinski definition) is 0. The van der Waals surface area contributed by atoms with E-state index in [0.717, 1.165) is 12.8 Å². The predicted octanol–water partition coefficient (Wildman–Crippen LogP) is 4.37. The number of ether oxygens (including phenoxy) is 1. The SMILES string of the molecule is CC1CCN(C(=O)[C@@H](C)OC(=O)c2ccccc2C(=O)c2ccc(Cl)cc2)CC1. The van der Waals surface area contributed by atoms with Crippen LogP contribution in [0.3, 0.4) is 0 Å². The van der Waals surface area contributed by atoms with E-state index in [0.29, 0.717) is 29.6 Å². The molecule has 1 fully saturated rings. The minimum absolute atomic E-state index is 0.138. The first-order valence-electron chi connectivity index (χ1n) is 9.76. The minimum atomic E-state index is -0.908. The summed E-state index contributed by atoms with van der Waals surface area (Å²) < 4.78 is 5.42. The molecular weight excluding hydrogens is 390 g/mol. The highest BCUT2D eigenvalue weighted by molar-refractivity contribution is 6.30. The van der Waals surface area contributed by atoms with Gasteiger partial charge in [-0.05, 0) is 56.0 Å². The first-order chi connectivity index (χ1) is 13.9. The molecule has 5 nitrogen and oxygen atoms in total. The van der Waals surface area contributed by atoms with Crippen molar-refractivity contribution < 1.29 is 19.1 Å². The number of carbonyl (C=O) groups is 3. The fourth-order valence-electron chi connectivity index (χ4n) is 3.38. The van der Waals surface area contributed by atoms with Gasteiger partial charge in [0.25, 0.3) is 5.91 Å². The monoisotopic (exact) mass is 413 g/mol. The lowest BCUT2D eigenvalue weighted by Gasteiger charge is -2.31. The second-order valence-electron chi connectivity index (χ2n) is 7.44. The molecule has 1 heterocycles. The molecule has 6 heteroatoms. The van der Waals surface area contributed by atoms with Crippen LogP contribution in [0.25, 0.3) is 0 Å². The summed E-state index contributed by atoms with van der Waals surface area (Å²) in [6, 6.07) is 12.9. The van der Waals surface area contributed by atoms with E-state index in [4.69, 9.17) is 16.3 Å². The van der Waals surface area contributed by atoms with Crippen LogP contribution in [0.2, 0.25) is 5.02 Å². The molecule has 0 spiro atoms. The largest absolute Gasteiger partial charge is 0.449 e. The fraction of sp³-hybridized carbons (Fsp3) is 0.348. The zero-order valence-electron chi connectivity index (χ0n) is 16.6. The Hall–Kier alpha value is -2.66. The van der Waals surface area contributed by atoms with Crippen molar-refractivity contribution in [3.63, 3.8) is 0 Å². The van der Waals surface area contributed by atoms with E-state index in [1.807, 2.05) is 0 Å². The number of carbonyl (C=O) groups excluding carboxylic acids is 3. The maximum absolute atomic E-state index is 12.9. The van der Waals surface area contributed by atoms with Gasteiger partial charge in [-0.1, -0.05) is 36.7 Å². The number of rotatable bonds is 5. The van der Waals surface area contributed by atoms with Crippen molar-refractivity contribution in [2.24, 2.45) is 5.92 Å². The van der Waals surface area contributed by atoms with E-state index in [9.17, 15) is 14.4 Å². The van der Waals surface area contributed by atoms with Gasteiger partial charge in [-0.25, -0.2) is 4.79 Å². The highest BCUT2D eigenvalue weighted by Crippen LogP contribution is 2.20. The molecule has 2 aromatic rings. The van der Waals surface area contributed by atoms with Crippen LogP contribution in [0.5, 0.6) is 0 Å². The third-order valence-corrected chi connectivity index (χ3v) is 5.48. The first-order valence-corrected chi connectivity index (χ1v) is 10.1. The number of ketones is 1. The van der Waals surface area contributed by atoms with Gasteiger partial charge in [-0.2, -0.15) is 0 Å². The number of nitrogens with zero attached hydrogens (tertiary/aromatic N) is 1. The summed E-state index contributed by atoms with van der Waals surface area (Å²) in [7, 11) is 0. The number of piperidine rings is 1. The first kappa shape index (κ1) is 21.1. The molecule has 1 saturated heterocycles. The van der Waals surface area contributed by atoms with Crippen LogP contribution in [0.15, 0.2) is 48.5 Å². The van der Waals surface area contributed by atoms with Crippen molar-refractivity contribution in [2.75, 3.05) is 13.1 Å². The molecule has 3 rings (SSSR count). The van der Waals surface area contributed by atoms with E-state index < -0.39 is 12.1 Å². The van der Waals surface area contributed by atoms with Gasteiger partial charge in [-0.3, -0.25) is 9.59 Å². The van der Waals surface area contributed by atoms with E-state index >= 15 is 0 Å². The lowest BCUT2D eigenvalue weighted by molar-refractivity contribution is -0.141. The molecule has 1 atom stereocenters.